The second-order valence-electron chi connectivity index (χ2n) is 16.5. The number of unbranched alkanes of at least 4 members (excludes halogenated alkanes) is 1. The monoisotopic (exact) mass is 978 g/mol. The van der Waals surface area contributed by atoms with E-state index in [0.29, 0.717) is 58.7 Å². The maximum absolute atomic E-state index is 12.6. The summed E-state index contributed by atoms with van der Waals surface area (Å²) in [4.78, 5) is 38.1. The molecular formula is C42H50N4O15S4. The largest absolute Gasteiger partial charge is 0.744 e. The van der Waals surface area contributed by atoms with E-state index in [1.807, 2.05) is 0 Å². The van der Waals surface area contributed by atoms with E-state index < -0.39 is 79.5 Å². The van der Waals surface area contributed by atoms with Gasteiger partial charge in [0.25, 0.3) is 42.2 Å². The van der Waals surface area contributed by atoms with Crippen LogP contribution in [-0.4, -0.2) is 122 Å². The zero-order chi connectivity index (χ0) is 48.3. The molecule has 0 saturated heterocycles. The Balaban J connectivity index is 1.47. The van der Waals surface area contributed by atoms with Gasteiger partial charge in [-0.15, -0.1) is 0 Å². The van der Waals surface area contributed by atoms with E-state index in [1.165, 1.54) is 30.3 Å². The molecule has 3 aliphatic rings. The van der Waals surface area contributed by atoms with Gasteiger partial charge in [0.15, 0.2) is 12.3 Å². The van der Waals surface area contributed by atoms with Crippen molar-refractivity contribution in [3.05, 3.63) is 107 Å². The molecule has 19 nitrogen and oxygen atoms in total. The van der Waals surface area contributed by atoms with Gasteiger partial charge in [0.2, 0.25) is 11.6 Å². The van der Waals surface area contributed by atoms with E-state index in [4.69, 9.17) is 0 Å². The first-order chi connectivity index (χ1) is 30.0. The van der Waals surface area contributed by atoms with E-state index in [1.54, 1.807) is 73.6 Å². The molecule has 0 fully saturated rings. The lowest BCUT2D eigenvalue weighted by Gasteiger charge is -2.26. The van der Waals surface area contributed by atoms with Crippen molar-refractivity contribution in [2.75, 3.05) is 42.6 Å². The van der Waals surface area contributed by atoms with Crippen molar-refractivity contribution in [3.63, 3.8) is 0 Å². The van der Waals surface area contributed by atoms with E-state index >= 15 is 0 Å². The zero-order valence-corrected chi connectivity index (χ0v) is 39.1. The maximum atomic E-state index is 12.6. The average molecular weight is 979 g/mol. The first kappa shape index (κ1) is 50.9. The predicted octanol–water partition coefficient (Wildman–Crippen LogP) is 3.31. The smallest absolute Gasteiger partial charge is 0.294 e. The quantitative estimate of drug-likeness (QED) is 0.0487. The number of hydrogen-bond acceptors (Lipinski definition) is 13. The van der Waals surface area contributed by atoms with Crippen LogP contribution in [0.25, 0.3) is 0 Å². The van der Waals surface area contributed by atoms with Gasteiger partial charge >= 0.3 is 0 Å². The molecule has 5 rings (SSSR count). The van der Waals surface area contributed by atoms with E-state index in [2.05, 4.69) is 5.32 Å². The van der Waals surface area contributed by atoms with Gasteiger partial charge in [-0.05, 0) is 80.7 Å². The lowest BCUT2D eigenvalue weighted by atomic mass is 9.81. The highest BCUT2D eigenvalue weighted by Crippen LogP contribution is 2.48. The second kappa shape index (κ2) is 19.4. The third-order valence-corrected chi connectivity index (χ3v) is 14.3. The summed E-state index contributed by atoms with van der Waals surface area (Å²) in [6.45, 7) is 6.72. The summed E-state index contributed by atoms with van der Waals surface area (Å²) < 4.78 is 138. The summed E-state index contributed by atoms with van der Waals surface area (Å²) in [6.07, 6.45) is 13.9. The first-order valence-electron chi connectivity index (χ1n) is 20.1. The van der Waals surface area contributed by atoms with E-state index in [-0.39, 0.29) is 43.4 Å². The Morgan fingerprint density at radius 2 is 1.38 bits per heavy atom. The molecule has 3 amide bonds. The molecule has 0 aromatic heterocycles. The SMILES string of the molecule is CC1(C)C(/C=C/C=C(/C=C/C=C2/N(CCS(=O)(=O)O)c3ccc(S(=O)(=O)O)cc3C2(C)C)CCCCC(=O)NCCN2C(=O)C=CC2=O)=[N+](CCS(=O)(=O)O)c2ccc(S(=O)(=O)[O-])cc21. The zero-order valence-electron chi connectivity index (χ0n) is 35.9. The number of benzene rings is 2. The predicted molar refractivity (Wildman–Crippen MR) is 238 cm³/mol. The number of rotatable bonds is 20. The van der Waals surface area contributed by atoms with Crippen LogP contribution < -0.4 is 10.2 Å². The molecule has 2 aromatic carbocycles. The van der Waals surface area contributed by atoms with Crippen molar-refractivity contribution in [2.45, 2.75) is 74.0 Å². The number of fused-ring (bicyclic) bond motifs is 2. The Labute approximate surface area is 378 Å². The maximum Gasteiger partial charge on any atom is 0.294 e. The normalized spacial score (nSPS) is 18.2. The lowest BCUT2D eigenvalue weighted by molar-refractivity contribution is -0.432. The minimum atomic E-state index is -4.84. The molecule has 0 atom stereocenters. The van der Waals surface area contributed by atoms with Crippen LogP contribution in [0.2, 0.25) is 0 Å². The summed E-state index contributed by atoms with van der Waals surface area (Å²) >= 11 is 0. The summed E-state index contributed by atoms with van der Waals surface area (Å²) in [5.41, 5.74) is 1.58. The highest BCUT2D eigenvalue weighted by atomic mass is 32.2. The molecule has 65 heavy (non-hydrogen) atoms. The van der Waals surface area contributed by atoms with Gasteiger partial charge < -0.3 is 14.8 Å². The molecule has 0 unspecified atom stereocenters. The Morgan fingerprint density at radius 1 is 0.769 bits per heavy atom. The fraction of sp³-hybridized carbons (Fsp3) is 0.381. The van der Waals surface area contributed by atoms with Gasteiger partial charge in [-0.2, -0.15) is 29.8 Å². The molecule has 0 spiro atoms. The minimum Gasteiger partial charge on any atom is -0.744 e. The number of anilines is 1. The van der Waals surface area contributed by atoms with E-state index in [0.717, 1.165) is 23.1 Å². The Hall–Kier alpha value is -5.14. The van der Waals surface area contributed by atoms with Gasteiger partial charge in [0.1, 0.15) is 15.9 Å². The molecular weight excluding hydrogens is 929 g/mol. The summed E-state index contributed by atoms with van der Waals surface area (Å²) in [6, 6.07) is 7.67. The highest BCUT2D eigenvalue weighted by Gasteiger charge is 2.45. The number of nitrogens with one attached hydrogen (secondary N) is 1. The summed E-state index contributed by atoms with van der Waals surface area (Å²) in [7, 11) is -18.3. The first-order valence-corrected chi connectivity index (χ1v) is 26.2. The fourth-order valence-electron chi connectivity index (χ4n) is 7.93. The van der Waals surface area contributed by atoms with Crippen molar-refractivity contribution in [1.82, 2.24) is 10.2 Å². The molecule has 0 saturated carbocycles. The molecule has 0 bridgehead atoms. The van der Waals surface area contributed by atoms with Crippen molar-refractivity contribution in [3.8, 4) is 0 Å². The van der Waals surface area contributed by atoms with E-state index in [9.17, 15) is 66.3 Å². The fourth-order valence-corrected chi connectivity index (χ4v) is 9.76. The second-order valence-corrected chi connectivity index (χ2v) is 22.5. The van der Waals surface area contributed by atoms with Crippen molar-refractivity contribution >= 4 is 75.3 Å². The van der Waals surface area contributed by atoms with Gasteiger partial charge in [-0.1, -0.05) is 38.2 Å². The van der Waals surface area contributed by atoms with Crippen LogP contribution >= 0.6 is 0 Å². The van der Waals surface area contributed by atoms with Gasteiger partial charge in [-0.3, -0.25) is 32.9 Å². The third kappa shape index (κ3) is 12.6. The Bertz CT molecular complexity index is 2910. The minimum absolute atomic E-state index is 0.0137. The number of carbonyl (C=O) groups excluding carboxylic acids is 3. The Kier molecular flexibility index (Phi) is 15.2. The molecule has 4 N–H and O–H groups in total. The Morgan fingerprint density at radius 3 is 2.00 bits per heavy atom. The van der Waals surface area contributed by atoms with Crippen LogP contribution in [-0.2, 0) is 65.7 Å². The van der Waals surface area contributed by atoms with Gasteiger partial charge in [0.05, 0.1) is 21.0 Å². The number of imide groups is 1. The van der Waals surface area contributed by atoms with Crippen LogP contribution in [0.5, 0.6) is 0 Å². The van der Waals surface area contributed by atoms with Crippen LogP contribution in [0.3, 0.4) is 0 Å². The van der Waals surface area contributed by atoms with Gasteiger partial charge in [-0.25, -0.2) is 8.42 Å². The number of nitrogens with zero attached hydrogens (tertiary/aromatic N) is 3. The lowest BCUT2D eigenvalue weighted by Crippen LogP contribution is -2.38. The van der Waals surface area contributed by atoms with Crippen LogP contribution in [0.15, 0.2) is 106 Å². The third-order valence-electron chi connectivity index (χ3n) is 11.3. The van der Waals surface area contributed by atoms with Crippen molar-refractivity contribution in [1.29, 1.82) is 0 Å². The van der Waals surface area contributed by atoms with Crippen molar-refractivity contribution < 1.29 is 70.8 Å². The number of carbonyl (C=O) groups is 3. The number of amides is 3. The number of hydrogen-bond donors (Lipinski definition) is 4. The molecule has 3 heterocycles. The average Bonchev–Trinajstić information content (AvgIpc) is 3.70. The molecule has 352 valence electrons. The standard InChI is InChI=1S/C42H50N4O15S4/c1-41(2)32-27-30(64(56,57)58)15-17-34(32)44(23-25-62(50,51)52)36(41)12-7-10-29(9-5-6-14-38(47)43-21-22-46-39(48)19-20-40(46)49)11-8-13-37-42(3,4)33-28-31(65(59,60)61)16-18-35(33)45(37)24-26-63(53,54)55/h7-8,10-13,15-20,27-28H,5-6,9,14,21-26H2,1-4H3,(H4-,43,47,50,51,52,53,54,55,56,57,58,59,60,61). The molecule has 0 aliphatic carbocycles. The van der Waals surface area contributed by atoms with Crippen molar-refractivity contribution in [2.24, 2.45) is 0 Å². The summed E-state index contributed by atoms with van der Waals surface area (Å²) in [5, 5.41) is 2.69. The number of allylic oxidation sites excluding steroid dienone is 8. The van der Waals surface area contributed by atoms with Crippen LogP contribution in [0.1, 0.15) is 64.5 Å². The molecule has 23 heteroatoms. The topological polar surface area (TPSA) is 293 Å². The van der Waals surface area contributed by atoms with Gasteiger partial charge in [0, 0.05) is 72.7 Å². The highest BCUT2D eigenvalue weighted by molar-refractivity contribution is 7.86. The molecule has 2 aromatic rings. The molecule has 0 radical (unpaired) electrons. The molecule has 3 aliphatic heterocycles. The van der Waals surface area contributed by atoms with Crippen LogP contribution in [0.4, 0.5) is 11.4 Å². The summed E-state index contributed by atoms with van der Waals surface area (Å²) in [5.74, 6) is -2.56. The van der Waals surface area contributed by atoms with Crippen LogP contribution in [0, 0.1) is 0 Å².